The largest absolute Gasteiger partial charge is 0.359 e. The molecule has 0 saturated heterocycles. The second kappa shape index (κ2) is 7.20. The third-order valence-electron chi connectivity index (χ3n) is 3.81. The highest BCUT2D eigenvalue weighted by atomic mass is 16.1. The molecule has 2 rings (SSSR count). The molecule has 18 heavy (non-hydrogen) atoms. The van der Waals surface area contributed by atoms with Crippen molar-refractivity contribution in [3.8, 4) is 0 Å². The minimum absolute atomic E-state index is 0.337. The first kappa shape index (κ1) is 14.7. The summed E-state index contributed by atoms with van der Waals surface area (Å²) in [5.41, 5.74) is 3.09. The van der Waals surface area contributed by atoms with Gasteiger partial charge in [-0.2, -0.15) is 0 Å². The van der Waals surface area contributed by atoms with Crippen LogP contribution in [0.15, 0.2) is 24.3 Å². The monoisotopic (exact) mass is 247 g/mol. The lowest BCUT2D eigenvalue weighted by Crippen LogP contribution is -2.37. The number of carbonyl (C=O) groups is 1. The molecule has 0 unspecified atom stereocenters. The SMILES string of the molecule is CC.Cc1ccc(C2(CCNC=O)CCC2)cc1. The van der Waals surface area contributed by atoms with E-state index in [0.717, 1.165) is 19.4 Å². The first-order valence-corrected chi connectivity index (χ1v) is 7.01. The summed E-state index contributed by atoms with van der Waals surface area (Å²) in [6.45, 7) is 6.91. The Labute approximate surface area is 111 Å². The topological polar surface area (TPSA) is 29.1 Å². The van der Waals surface area contributed by atoms with Gasteiger partial charge in [0.05, 0.1) is 0 Å². The van der Waals surface area contributed by atoms with Gasteiger partial charge in [-0.05, 0) is 37.2 Å². The molecule has 1 fully saturated rings. The molecule has 2 nitrogen and oxygen atoms in total. The van der Waals surface area contributed by atoms with E-state index in [9.17, 15) is 4.79 Å². The highest BCUT2D eigenvalue weighted by Crippen LogP contribution is 2.46. The minimum atomic E-state index is 0.337. The van der Waals surface area contributed by atoms with Gasteiger partial charge in [-0.3, -0.25) is 4.79 Å². The van der Waals surface area contributed by atoms with Crippen molar-refractivity contribution in [3.63, 3.8) is 0 Å². The van der Waals surface area contributed by atoms with Crippen molar-refractivity contribution in [3.05, 3.63) is 35.4 Å². The lowest BCUT2D eigenvalue weighted by atomic mass is 9.62. The normalized spacial score (nSPS) is 15.9. The number of nitrogens with one attached hydrogen (secondary N) is 1. The van der Waals surface area contributed by atoms with Gasteiger partial charge in [0.1, 0.15) is 0 Å². The van der Waals surface area contributed by atoms with Crippen molar-refractivity contribution in [2.24, 2.45) is 0 Å². The first-order chi connectivity index (χ1) is 8.77. The molecule has 1 aliphatic carbocycles. The van der Waals surface area contributed by atoms with Crippen molar-refractivity contribution in [1.29, 1.82) is 0 Å². The van der Waals surface area contributed by atoms with Crippen molar-refractivity contribution in [2.45, 2.75) is 51.9 Å². The summed E-state index contributed by atoms with van der Waals surface area (Å²) in [7, 11) is 0. The van der Waals surface area contributed by atoms with Crippen molar-refractivity contribution in [1.82, 2.24) is 5.32 Å². The Balaban J connectivity index is 0.000000771. The average Bonchev–Trinajstić information content (AvgIpc) is 2.37. The molecule has 1 aromatic rings. The summed E-state index contributed by atoms with van der Waals surface area (Å²) < 4.78 is 0. The summed E-state index contributed by atoms with van der Waals surface area (Å²) in [4.78, 5) is 10.3. The van der Waals surface area contributed by atoms with E-state index >= 15 is 0 Å². The maximum Gasteiger partial charge on any atom is 0.207 e. The fourth-order valence-electron chi connectivity index (χ4n) is 2.56. The molecule has 1 saturated carbocycles. The number of aryl methyl sites for hydroxylation is 1. The Morgan fingerprint density at radius 3 is 2.28 bits per heavy atom. The van der Waals surface area contributed by atoms with Crippen LogP contribution < -0.4 is 5.32 Å². The first-order valence-electron chi connectivity index (χ1n) is 7.01. The molecular formula is C16H25NO. The molecule has 0 atom stereocenters. The molecule has 0 aliphatic heterocycles. The van der Waals surface area contributed by atoms with E-state index in [-0.39, 0.29) is 0 Å². The highest BCUT2D eigenvalue weighted by Gasteiger charge is 2.37. The number of carbonyl (C=O) groups excluding carboxylic acids is 1. The second-order valence-electron chi connectivity index (χ2n) is 4.82. The molecule has 0 heterocycles. The van der Waals surface area contributed by atoms with E-state index in [1.54, 1.807) is 0 Å². The average molecular weight is 247 g/mol. The van der Waals surface area contributed by atoms with Crippen LogP contribution >= 0.6 is 0 Å². The van der Waals surface area contributed by atoms with E-state index in [1.807, 2.05) is 13.8 Å². The molecule has 0 radical (unpaired) electrons. The van der Waals surface area contributed by atoms with Gasteiger partial charge in [-0.25, -0.2) is 0 Å². The van der Waals surface area contributed by atoms with Crippen LogP contribution in [0.3, 0.4) is 0 Å². The second-order valence-corrected chi connectivity index (χ2v) is 4.82. The van der Waals surface area contributed by atoms with Gasteiger partial charge in [-0.1, -0.05) is 50.1 Å². The van der Waals surface area contributed by atoms with E-state index in [4.69, 9.17) is 0 Å². The fraction of sp³-hybridized carbons (Fsp3) is 0.562. The Morgan fingerprint density at radius 1 is 1.22 bits per heavy atom. The molecule has 0 bridgehead atoms. The van der Waals surface area contributed by atoms with E-state index in [1.165, 1.54) is 30.4 Å². The van der Waals surface area contributed by atoms with Gasteiger partial charge in [0, 0.05) is 6.54 Å². The maximum atomic E-state index is 10.3. The molecule has 2 heteroatoms. The minimum Gasteiger partial charge on any atom is -0.359 e. The smallest absolute Gasteiger partial charge is 0.207 e. The van der Waals surface area contributed by atoms with Gasteiger partial charge in [-0.15, -0.1) is 0 Å². The molecule has 1 amide bonds. The van der Waals surface area contributed by atoms with E-state index < -0.39 is 0 Å². The summed E-state index contributed by atoms with van der Waals surface area (Å²) in [5, 5.41) is 2.77. The third kappa shape index (κ3) is 3.34. The van der Waals surface area contributed by atoms with Crippen LogP contribution in [0, 0.1) is 6.92 Å². The summed E-state index contributed by atoms with van der Waals surface area (Å²) in [6.07, 6.45) is 5.69. The van der Waals surface area contributed by atoms with Crippen LogP contribution in [0.25, 0.3) is 0 Å². The van der Waals surface area contributed by atoms with Gasteiger partial charge >= 0.3 is 0 Å². The van der Waals surface area contributed by atoms with Gasteiger partial charge < -0.3 is 5.32 Å². The quantitative estimate of drug-likeness (QED) is 0.625. The molecule has 0 spiro atoms. The molecule has 100 valence electrons. The molecule has 1 N–H and O–H groups in total. The lowest BCUT2D eigenvalue weighted by Gasteiger charge is -2.42. The zero-order valence-corrected chi connectivity index (χ0v) is 11.8. The Morgan fingerprint density at radius 2 is 1.83 bits per heavy atom. The van der Waals surface area contributed by atoms with Crippen molar-refractivity contribution >= 4 is 6.41 Å². The van der Waals surface area contributed by atoms with Gasteiger partial charge in [0.15, 0.2) is 0 Å². The third-order valence-corrected chi connectivity index (χ3v) is 3.81. The number of hydrogen-bond acceptors (Lipinski definition) is 1. The number of hydrogen-bond donors (Lipinski definition) is 1. The Kier molecular flexibility index (Phi) is 5.90. The lowest BCUT2D eigenvalue weighted by molar-refractivity contribution is -0.109. The standard InChI is InChI=1S/C14H19NO.C2H6/c1-12-3-5-13(6-4-12)14(7-2-8-14)9-10-15-11-16;1-2/h3-6,11H,2,7-10H2,1H3,(H,15,16);1-2H3. The zero-order chi connectivity index (χ0) is 13.4. The van der Waals surface area contributed by atoms with Crippen LogP contribution in [-0.4, -0.2) is 13.0 Å². The Bertz CT molecular complexity index is 352. The molecular weight excluding hydrogens is 222 g/mol. The number of amides is 1. The van der Waals surface area contributed by atoms with Crippen LogP contribution in [-0.2, 0) is 10.2 Å². The van der Waals surface area contributed by atoms with Crippen molar-refractivity contribution in [2.75, 3.05) is 6.54 Å². The number of benzene rings is 1. The van der Waals surface area contributed by atoms with Crippen LogP contribution in [0.5, 0.6) is 0 Å². The predicted octanol–water partition coefficient (Wildman–Crippen LogP) is 3.58. The summed E-state index contributed by atoms with van der Waals surface area (Å²) in [5.74, 6) is 0. The molecule has 1 aromatic carbocycles. The molecule has 0 aromatic heterocycles. The fourth-order valence-corrected chi connectivity index (χ4v) is 2.56. The van der Waals surface area contributed by atoms with E-state index in [2.05, 4.69) is 36.5 Å². The Hall–Kier alpha value is -1.31. The van der Waals surface area contributed by atoms with Crippen LogP contribution in [0.1, 0.15) is 50.7 Å². The zero-order valence-electron chi connectivity index (χ0n) is 11.8. The van der Waals surface area contributed by atoms with Crippen LogP contribution in [0.4, 0.5) is 0 Å². The van der Waals surface area contributed by atoms with Crippen LogP contribution in [0.2, 0.25) is 0 Å². The summed E-state index contributed by atoms with van der Waals surface area (Å²) in [6, 6.07) is 8.86. The molecule has 1 aliphatic rings. The highest BCUT2D eigenvalue weighted by molar-refractivity contribution is 5.45. The summed E-state index contributed by atoms with van der Waals surface area (Å²) >= 11 is 0. The van der Waals surface area contributed by atoms with E-state index in [0.29, 0.717) is 5.41 Å². The van der Waals surface area contributed by atoms with Gasteiger partial charge in [0.25, 0.3) is 0 Å². The van der Waals surface area contributed by atoms with Gasteiger partial charge in [0.2, 0.25) is 6.41 Å². The number of rotatable bonds is 5. The predicted molar refractivity (Wildman–Crippen MR) is 76.7 cm³/mol. The maximum absolute atomic E-state index is 10.3. The van der Waals surface area contributed by atoms with Crippen molar-refractivity contribution < 1.29 is 4.79 Å².